The SMILES string of the molecule is CS(=O)(=O)NCc1cccc(OBOc2cccc(CNS(C)(=O)=O)c2)c1. The van der Waals surface area contributed by atoms with Gasteiger partial charge in [-0.15, -0.1) is 0 Å². The van der Waals surface area contributed by atoms with Crippen molar-refractivity contribution < 1.29 is 26.1 Å². The molecule has 0 spiro atoms. The summed E-state index contributed by atoms with van der Waals surface area (Å²) in [6.45, 7) is 0.346. The van der Waals surface area contributed by atoms with Crippen LogP contribution in [-0.4, -0.2) is 37.0 Å². The number of benzene rings is 2. The Morgan fingerprint density at radius 2 is 1.19 bits per heavy atom. The summed E-state index contributed by atoms with van der Waals surface area (Å²) in [5.41, 5.74) is 1.51. The predicted octanol–water partition coefficient (Wildman–Crippen LogP) is 0.509. The average molecular weight is 412 g/mol. The smallest absolute Gasteiger partial charge is 0.529 e. The van der Waals surface area contributed by atoms with Gasteiger partial charge in [0.25, 0.3) is 0 Å². The summed E-state index contributed by atoms with van der Waals surface area (Å²) in [5, 5.41) is 0. The molecule has 27 heavy (non-hydrogen) atoms. The zero-order valence-corrected chi connectivity index (χ0v) is 16.6. The van der Waals surface area contributed by atoms with Gasteiger partial charge >= 0.3 is 7.69 Å². The molecule has 2 aromatic rings. The summed E-state index contributed by atoms with van der Waals surface area (Å²) >= 11 is 0. The summed E-state index contributed by atoms with van der Waals surface area (Å²) in [5.74, 6) is 1.08. The first kappa shape index (κ1) is 21.2. The second-order valence-corrected chi connectivity index (χ2v) is 9.55. The summed E-state index contributed by atoms with van der Waals surface area (Å²) in [6, 6.07) is 14.0. The van der Waals surface area contributed by atoms with Gasteiger partial charge in [-0.2, -0.15) is 0 Å². The van der Waals surface area contributed by atoms with Gasteiger partial charge in [0.2, 0.25) is 20.0 Å². The fourth-order valence-electron chi connectivity index (χ4n) is 2.08. The van der Waals surface area contributed by atoms with E-state index in [1.807, 2.05) is 0 Å². The molecule has 0 aliphatic rings. The maximum atomic E-state index is 11.1. The van der Waals surface area contributed by atoms with Crippen molar-refractivity contribution in [1.29, 1.82) is 0 Å². The normalized spacial score (nSPS) is 11.8. The van der Waals surface area contributed by atoms with Crippen molar-refractivity contribution in [2.75, 3.05) is 12.5 Å². The molecule has 11 heteroatoms. The Labute approximate surface area is 160 Å². The molecule has 0 bridgehead atoms. The van der Waals surface area contributed by atoms with Crippen molar-refractivity contribution in [3.63, 3.8) is 0 Å². The van der Waals surface area contributed by atoms with Crippen LogP contribution in [-0.2, 0) is 33.1 Å². The topological polar surface area (TPSA) is 111 Å². The Balaban J connectivity index is 1.87. The average Bonchev–Trinajstić information content (AvgIpc) is 2.58. The maximum Gasteiger partial charge on any atom is 0.576 e. The minimum absolute atomic E-state index is 0.0497. The van der Waals surface area contributed by atoms with Crippen LogP contribution < -0.4 is 18.8 Å². The summed E-state index contributed by atoms with van der Waals surface area (Å²) in [6.07, 6.45) is 2.20. The van der Waals surface area contributed by atoms with Crippen molar-refractivity contribution in [3.8, 4) is 11.5 Å². The fourth-order valence-corrected chi connectivity index (χ4v) is 2.94. The first-order valence-corrected chi connectivity index (χ1v) is 11.7. The molecule has 0 aliphatic carbocycles. The molecule has 0 atom stereocenters. The minimum atomic E-state index is -3.26. The van der Waals surface area contributed by atoms with E-state index in [2.05, 4.69) is 9.44 Å². The van der Waals surface area contributed by atoms with Gasteiger partial charge in [-0.25, -0.2) is 26.3 Å². The third-order valence-corrected chi connectivity index (χ3v) is 4.66. The molecule has 0 saturated heterocycles. The Hall–Kier alpha value is -2.08. The van der Waals surface area contributed by atoms with E-state index in [0.29, 0.717) is 11.5 Å². The van der Waals surface area contributed by atoms with Crippen molar-refractivity contribution in [2.24, 2.45) is 0 Å². The molecule has 0 heterocycles. The van der Waals surface area contributed by atoms with Gasteiger partial charge in [0, 0.05) is 13.1 Å². The monoisotopic (exact) mass is 412 g/mol. The Kier molecular flexibility index (Phi) is 7.25. The third kappa shape index (κ3) is 8.91. The van der Waals surface area contributed by atoms with Crippen molar-refractivity contribution in [1.82, 2.24) is 9.44 Å². The van der Waals surface area contributed by atoms with E-state index >= 15 is 0 Å². The van der Waals surface area contributed by atoms with E-state index in [-0.39, 0.29) is 20.8 Å². The second-order valence-electron chi connectivity index (χ2n) is 5.89. The highest BCUT2D eigenvalue weighted by atomic mass is 32.2. The van der Waals surface area contributed by atoms with E-state index in [0.717, 1.165) is 23.6 Å². The molecule has 0 aliphatic heterocycles. The van der Waals surface area contributed by atoms with Gasteiger partial charge in [-0.1, -0.05) is 24.3 Å². The van der Waals surface area contributed by atoms with E-state index in [4.69, 9.17) is 9.31 Å². The Morgan fingerprint density at radius 1 is 0.778 bits per heavy atom. The number of rotatable bonds is 10. The molecular formula is C16H21BN2O6S2. The fraction of sp³-hybridized carbons (Fsp3) is 0.250. The molecule has 2 rings (SSSR count). The second kappa shape index (κ2) is 9.22. The minimum Gasteiger partial charge on any atom is -0.529 e. The Morgan fingerprint density at radius 3 is 1.56 bits per heavy atom. The van der Waals surface area contributed by atoms with Crippen LogP contribution in [0.1, 0.15) is 11.1 Å². The zero-order valence-electron chi connectivity index (χ0n) is 15.0. The molecule has 0 radical (unpaired) electrons. The molecule has 146 valence electrons. The van der Waals surface area contributed by atoms with Crippen LogP contribution in [0, 0.1) is 0 Å². The number of hydrogen-bond donors (Lipinski definition) is 2. The molecule has 0 amide bonds. The lowest BCUT2D eigenvalue weighted by molar-refractivity contribution is 0.458. The van der Waals surface area contributed by atoms with Gasteiger partial charge in [-0.05, 0) is 35.4 Å². The lowest BCUT2D eigenvalue weighted by Crippen LogP contribution is -2.21. The molecule has 0 saturated carbocycles. The van der Waals surface area contributed by atoms with Gasteiger partial charge in [-0.3, -0.25) is 0 Å². The molecule has 0 unspecified atom stereocenters. The highest BCUT2D eigenvalue weighted by Gasteiger charge is 2.05. The van der Waals surface area contributed by atoms with E-state index in [9.17, 15) is 16.8 Å². The predicted molar refractivity (Wildman–Crippen MR) is 105 cm³/mol. The van der Waals surface area contributed by atoms with E-state index in [1.54, 1.807) is 48.5 Å². The van der Waals surface area contributed by atoms with Crippen molar-refractivity contribution in [2.45, 2.75) is 13.1 Å². The van der Waals surface area contributed by atoms with Crippen LogP contribution >= 0.6 is 0 Å². The quantitative estimate of drug-likeness (QED) is 0.551. The lowest BCUT2D eigenvalue weighted by atomic mass is 10.2. The lowest BCUT2D eigenvalue weighted by Gasteiger charge is -2.10. The summed E-state index contributed by atoms with van der Waals surface area (Å²) in [7, 11) is -6.58. The van der Waals surface area contributed by atoms with Crippen LogP contribution in [0.15, 0.2) is 48.5 Å². The molecule has 8 nitrogen and oxygen atoms in total. The number of hydrogen-bond acceptors (Lipinski definition) is 6. The van der Waals surface area contributed by atoms with Crippen LogP contribution in [0.3, 0.4) is 0 Å². The zero-order chi connectivity index (χ0) is 19.9. The third-order valence-electron chi connectivity index (χ3n) is 3.33. The maximum absolute atomic E-state index is 11.1. The van der Waals surface area contributed by atoms with Crippen LogP contribution in [0.5, 0.6) is 11.5 Å². The molecule has 2 aromatic carbocycles. The first-order valence-electron chi connectivity index (χ1n) is 7.93. The number of nitrogens with one attached hydrogen (secondary N) is 2. The van der Waals surface area contributed by atoms with Gasteiger partial charge in [0.1, 0.15) is 11.5 Å². The van der Waals surface area contributed by atoms with Crippen LogP contribution in [0.2, 0.25) is 0 Å². The molecule has 0 aromatic heterocycles. The van der Waals surface area contributed by atoms with E-state index in [1.165, 1.54) is 0 Å². The number of sulfonamides is 2. The Bertz CT molecular complexity index is 900. The first-order chi connectivity index (χ1) is 12.6. The highest BCUT2D eigenvalue weighted by Crippen LogP contribution is 2.15. The van der Waals surface area contributed by atoms with Crippen molar-refractivity contribution >= 4 is 27.7 Å². The molecular weight excluding hydrogens is 391 g/mol. The van der Waals surface area contributed by atoms with Crippen LogP contribution in [0.25, 0.3) is 0 Å². The highest BCUT2D eigenvalue weighted by molar-refractivity contribution is 7.88. The molecule has 0 fully saturated rings. The van der Waals surface area contributed by atoms with Crippen LogP contribution in [0.4, 0.5) is 0 Å². The standard InChI is InChI=1S/C16H21BN2O6S2/c1-26(20,21)18-11-13-5-3-7-15(9-13)24-17-25-16-8-4-6-14(10-16)12-19-27(2,22)23/h3-10,17-19H,11-12H2,1-2H3. The largest absolute Gasteiger partial charge is 0.576 e. The van der Waals surface area contributed by atoms with Crippen molar-refractivity contribution in [3.05, 3.63) is 59.7 Å². The van der Waals surface area contributed by atoms with Gasteiger partial charge in [0.05, 0.1) is 12.5 Å². The summed E-state index contributed by atoms with van der Waals surface area (Å²) < 4.78 is 60.5. The van der Waals surface area contributed by atoms with Gasteiger partial charge in [0.15, 0.2) is 0 Å². The summed E-state index contributed by atoms with van der Waals surface area (Å²) in [4.78, 5) is 0. The van der Waals surface area contributed by atoms with Gasteiger partial charge < -0.3 is 9.31 Å². The van der Waals surface area contributed by atoms with E-state index < -0.39 is 20.0 Å². The molecule has 2 N–H and O–H groups in total.